The number of carbonyl (C=O) groups excluding carboxylic acids is 2. The molecule has 0 aromatic carbocycles. The van der Waals surface area contributed by atoms with Crippen LogP contribution in [0.5, 0.6) is 0 Å². The largest absolute Gasteiger partial charge is 0.481 e. The first-order chi connectivity index (χ1) is 9.41. The minimum absolute atomic E-state index is 0.0458. The highest BCUT2D eigenvalue weighted by Gasteiger charge is 2.41. The number of carboxylic acids is 1. The molecule has 1 saturated carbocycles. The molecule has 1 aliphatic rings. The summed E-state index contributed by atoms with van der Waals surface area (Å²) < 4.78 is 4.50. The molecule has 0 atom stereocenters. The molecule has 1 rings (SSSR count). The Morgan fingerprint density at radius 1 is 1.15 bits per heavy atom. The highest BCUT2D eigenvalue weighted by atomic mass is 16.5. The molecule has 1 aliphatic carbocycles. The van der Waals surface area contributed by atoms with Crippen molar-refractivity contribution in [3.63, 3.8) is 0 Å². The molecule has 1 N–H and O–H groups in total. The molecule has 20 heavy (non-hydrogen) atoms. The fourth-order valence-corrected chi connectivity index (χ4v) is 2.64. The van der Waals surface area contributed by atoms with E-state index in [-0.39, 0.29) is 18.9 Å². The summed E-state index contributed by atoms with van der Waals surface area (Å²) in [6.07, 6.45) is 4.71. The number of esters is 1. The second-order valence-corrected chi connectivity index (χ2v) is 5.50. The van der Waals surface area contributed by atoms with Crippen molar-refractivity contribution in [2.75, 3.05) is 20.7 Å². The maximum Gasteiger partial charge on any atom is 0.325 e. The normalized spacial score (nSPS) is 17.9. The van der Waals surface area contributed by atoms with Crippen molar-refractivity contribution >= 4 is 17.8 Å². The summed E-state index contributed by atoms with van der Waals surface area (Å²) in [4.78, 5) is 36.1. The Kier molecular flexibility index (Phi) is 5.98. The molecule has 6 nitrogen and oxygen atoms in total. The topological polar surface area (TPSA) is 83.9 Å². The first-order valence-electron chi connectivity index (χ1n) is 6.95. The lowest BCUT2D eigenvalue weighted by molar-refractivity contribution is -0.155. The maximum absolute atomic E-state index is 12.1. The summed E-state index contributed by atoms with van der Waals surface area (Å²) in [5, 5.41) is 9.51. The van der Waals surface area contributed by atoms with Crippen LogP contribution in [0.3, 0.4) is 0 Å². The summed E-state index contributed by atoms with van der Waals surface area (Å²) in [6.45, 7) is -0.148. The smallest absolute Gasteiger partial charge is 0.325 e. The number of likely N-dealkylation sites (N-methyl/N-ethyl adjacent to an activating group) is 1. The lowest BCUT2D eigenvalue weighted by atomic mass is 9.77. The molecule has 114 valence electrons. The number of hydrogen-bond acceptors (Lipinski definition) is 4. The van der Waals surface area contributed by atoms with Gasteiger partial charge in [0.2, 0.25) is 5.91 Å². The molecule has 0 aromatic heterocycles. The molecule has 0 aromatic rings. The maximum atomic E-state index is 12.1. The van der Waals surface area contributed by atoms with Crippen LogP contribution in [0.4, 0.5) is 0 Å². The van der Waals surface area contributed by atoms with Crippen LogP contribution in [0.2, 0.25) is 0 Å². The van der Waals surface area contributed by atoms with Gasteiger partial charge in [-0.25, -0.2) is 0 Å². The van der Waals surface area contributed by atoms with E-state index in [1.54, 1.807) is 0 Å². The number of hydrogen-bond donors (Lipinski definition) is 1. The zero-order valence-corrected chi connectivity index (χ0v) is 12.2. The standard InChI is InChI=1S/C14H23NO5/c1-15(10-12(17)20-2)11(16)9-14(13(18)19)7-5-3-4-6-8-14/h3-10H2,1-2H3,(H,18,19). The Hall–Kier alpha value is -1.59. The number of carboxylic acid groups (broad SMARTS) is 1. The monoisotopic (exact) mass is 285 g/mol. The van der Waals surface area contributed by atoms with Crippen LogP contribution in [0.1, 0.15) is 44.9 Å². The van der Waals surface area contributed by atoms with Crippen LogP contribution in [-0.2, 0) is 19.1 Å². The minimum Gasteiger partial charge on any atom is -0.481 e. The number of carbonyl (C=O) groups is 3. The summed E-state index contributed by atoms with van der Waals surface area (Å²) in [6, 6.07) is 0. The number of rotatable bonds is 5. The molecule has 1 fully saturated rings. The number of aliphatic carboxylic acids is 1. The number of amides is 1. The Morgan fingerprint density at radius 3 is 2.15 bits per heavy atom. The lowest BCUT2D eigenvalue weighted by Gasteiger charge is -2.29. The third-order valence-electron chi connectivity index (χ3n) is 4.02. The molecule has 6 heteroatoms. The molecule has 0 aliphatic heterocycles. The fourth-order valence-electron chi connectivity index (χ4n) is 2.64. The molecular weight excluding hydrogens is 262 g/mol. The Balaban J connectivity index is 2.72. The van der Waals surface area contributed by atoms with Gasteiger partial charge in [0.25, 0.3) is 0 Å². The zero-order valence-electron chi connectivity index (χ0n) is 12.2. The second-order valence-electron chi connectivity index (χ2n) is 5.50. The predicted octanol–water partition coefficient (Wildman–Crippen LogP) is 1.43. The SMILES string of the molecule is COC(=O)CN(C)C(=O)CC1(C(=O)O)CCCCCC1. The first kappa shape index (κ1) is 16.5. The van der Waals surface area contributed by atoms with E-state index in [9.17, 15) is 19.5 Å². The van der Waals surface area contributed by atoms with E-state index in [1.807, 2.05) is 0 Å². The molecule has 0 radical (unpaired) electrons. The Bertz CT molecular complexity index is 372. The van der Waals surface area contributed by atoms with Crippen molar-refractivity contribution in [2.45, 2.75) is 44.9 Å². The van der Waals surface area contributed by atoms with Gasteiger partial charge < -0.3 is 14.7 Å². The van der Waals surface area contributed by atoms with E-state index in [2.05, 4.69) is 4.74 Å². The van der Waals surface area contributed by atoms with Gasteiger partial charge in [-0.2, -0.15) is 0 Å². The summed E-state index contributed by atoms with van der Waals surface area (Å²) in [7, 11) is 2.75. The van der Waals surface area contributed by atoms with Crippen LogP contribution >= 0.6 is 0 Å². The van der Waals surface area contributed by atoms with Crippen molar-refractivity contribution in [1.29, 1.82) is 0 Å². The van der Waals surface area contributed by atoms with E-state index in [1.165, 1.54) is 19.1 Å². The molecule has 0 bridgehead atoms. The summed E-state index contributed by atoms with van der Waals surface area (Å²) >= 11 is 0. The van der Waals surface area contributed by atoms with Gasteiger partial charge in [-0.15, -0.1) is 0 Å². The molecule has 0 saturated heterocycles. The quantitative estimate of drug-likeness (QED) is 0.610. The average molecular weight is 285 g/mol. The number of ether oxygens (including phenoxy) is 1. The van der Waals surface area contributed by atoms with Gasteiger partial charge in [0.15, 0.2) is 0 Å². The van der Waals surface area contributed by atoms with E-state index in [4.69, 9.17) is 0 Å². The van der Waals surface area contributed by atoms with Gasteiger partial charge in [0, 0.05) is 13.5 Å². The minimum atomic E-state index is -0.974. The van der Waals surface area contributed by atoms with E-state index in [0.29, 0.717) is 12.8 Å². The first-order valence-corrected chi connectivity index (χ1v) is 6.95. The third-order valence-corrected chi connectivity index (χ3v) is 4.02. The van der Waals surface area contributed by atoms with E-state index in [0.717, 1.165) is 25.7 Å². The van der Waals surface area contributed by atoms with Crippen LogP contribution in [0.25, 0.3) is 0 Å². The highest BCUT2D eigenvalue weighted by Crippen LogP contribution is 2.38. The van der Waals surface area contributed by atoms with Crippen LogP contribution < -0.4 is 0 Å². The lowest BCUT2D eigenvalue weighted by Crippen LogP contribution is -2.40. The van der Waals surface area contributed by atoms with Gasteiger partial charge in [0.1, 0.15) is 6.54 Å². The van der Waals surface area contributed by atoms with Crippen LogP contribution in [0.15, 0.2) is 0 Å². The third kappa shape index (κ3) is 4.21. The molecule has 1 amide bonds. The molecule has 0 unspecified atom stereocenters. The molecular formula is C14H23NO5. The highest BCUT2D eigenvalue weighted by molar-refractivity contribution is 5.87. The zero-order chi connectivity index (χ0) is 15.2. The molecule has 0 spiro atoms. The number of methoxy groups -OCH3 is 1. The Labute approximate surface area is 119 Å². The van der Waals surface area contributed by atoms with E-state index < -0.39 is 17.4 Å². The summed E-state index contributed by atoms with van der Waals surface area (Å²) in [5.41, 5.74) is -0.974. The average Bonchev–Trinajstić information content (AvgIpc) is 2.65. The van der Waals surface area contributed by atoms with Gasteiger partial charge in [0.05, 0.1) is 12.5 Å². The van der Waals surface area contributed by atoms with Gasteiger partial charge in [-0.3, -0.25) is 14.4 Å². The van der Waals surface area contributed by atoms with Crippen molar-refractivity contribution in [3.8, 4) is 0 Å². The van der Waals surface area contributed by atoms with Crippen molar-refractivity contribution in [3.05, 3.63) is 0 Å². The van der Waals surface area contributed by atoms with Crippen LogP contribution in [-0.4, -0.2) is 48.6 Å². The van der Waals surface area contributed by atoms with Crippen molar-refractivity contribution in [1.82, 2.24) is 4.90 Å². The van der Waals surface area contributed by atoms with Crippen molar-refractivity contribution < 1.29 is 24.2 Å². The van der Waals surface area contributed by atoms with E-state index >= 15 is 0 Å². The molecule has 0 heterocycles. The second kappa shape index (κ2) is 7.26. The van der Waals surface area contributed by atoms with Gasteiger partial charge >= 0.3 is 11.9 Å². The number of nitrogens with zero attached hydrogens (tertiary/aromatic N) is 1. The van der Waals surface area contributed by atoms with Crippen molar-refractivity contribution in [2.24, 2.45) is 5.41 Å². The summed E-state index contributed by atoms with van der Waals surface area (Å²) in [5.74, 6) is -1.73. The van der Waals surface area contributed by atoms with Crippen LogP contribution in [0, 0.1) is 5.41 Å². The van der Waals surface area contributed by atoms with Gasteiger partial charge in [-0.1, -0.05) is 25.7 Å². The fraction of sp³-hybridized carbons (Fsp3) is 0.786. The Morgan fingerprint density at radius 2 is 1.70 bits per heavy atom. The van der Waals surface area contributed by atoms with Gasteiger partial charge in [-0.05, 0) is 12.8 Å². The predicted molar refractivity (Wildman–Crippen MR) is 72.0 cm³/mol.